The van der Waals surface area contributed by atoms with Crippen molar-refractivity contribution in [1.82, 2.24) is 30.5 Å². The smallest absolute Gasteiger partial charge is 0.217 e. The highest BCUT2D eigenvalue weighted by atomic mass is 35.5. The molecule has 1 amide bonds. The molecule has 0 saturated carbocycles. The SMILES string of the molecule is CC(=O)NC(C)c1ncc(-c2cc(Cl)cc(F)c2-c2nnn(C)n2)cc1F. The molecule has 3 aromatic rings. The molecule has 1 atom stereocenters. The van der Waals surface area contributed by atoms with Crippen LogP contribution in [0.25, 0.3) is 22.5 Å². The Bertz CT molecular complexity index is 1020. The van der Waals surface area contributed by atoms with Crippen molar-refractivity contribution < 1.29 is 13.6 Å². The van der Waals surface area contributed by atoms with E-state index in [4.69, 9.17) is 11.6 Å². The zero-order valence-electron chi connectivity index (χ0n) is 14.7. The van der Waals surface area contributed by atoms with Gasteiger partial charge >= 0.3 is 0 Å². The minimum absolute atomic E-state index is 0.0383. The number of nitrogens with zero attached hydrogens (tertiary/aromatic N) is 5. The van der Waals surface area contributed by atoms with E-state index in [0.29, 0.717) is 0 Å². The van der Waals surface area contributed by atoms with Crippen LogP contribution in [0, 0.1) is 11.6 Å². The monoisotopic (exact) mass is 392 g/mol. The number of aryl methyl sites for hydroxylation is 1. The van der Waals surface area contributed by atoms with Crippen LogP contribution < -0.4 is 5.32 Å². The largest absolute Gasteiger partial charge is 0.348 e. The predicted octanol–water partition coefficient (Wildman–Crippen LogP) is 3.07. The van der Waals surface area contributed by atoms with E-state index in [2.05, 4.69) is 25.7 Å². The molecule has 0 bridgehead atoms. The maximum atomic E-state index is 14.6. The molecular weight excluding hydrogens is 378 g/mol. The first-order valence-corrected chi connectivity index (χ1v) is 8.30. The van der Waals surface area contributed by atoms with Crippen molar-refractivity contribution in [2.24, 2.45) is 7.05 Å². The van der Waals surface area contributed by atoms with Crippen LogP contribution >= 0.6 is 11.6 Å². The molecule has 0 aliphatic rings. The molecule has 140 valence electrons. The zero-order chi connectivity index (χ0) is 19.7. The molecule has 10 heteroatoms. The van der Waals surface area contributed by atoms with E-state index in [1.165, 1.54) is 30.0 Å². The number of rotatable bonds is 4. The van der Waals surface area contributed by atoms with Crippen LogP contribution in [-0.2, 0) is 11.8 Å². The number of amides is 1. The van der Waals surface area contributed by atoms with Crippen molar-refractivity contribution in [2.75, 3.05) is 0 Å². The lowest BCUT2D eigenvalue weighted by Gasteiger charge is -2.14. The summed E-state index contributed by atoms with van der Waals surface area (Å²) in [5, 5.41) is 14.2. The zero-order valence-corrected chi connectivity index (χ0v) is 15.4. The standard InChI is InChI=1S/C17H15ClF2N6O/c1-8(22-9(2)27)16-14(20)4-10(7-21-16)12-5-11(18)6-13(19)15(12)17-23-25-26(3)24-17/h4-8H,1-3H3,(H,22,27). The average Bonchev–Trinajstić information content (AvgIpc) is 2.99. The maximum Gasteiger partial charge on any atom is 0.217 e. The van der Waals surface area contributed by atoms with Crippen molar-refractivity contribution in [2.45, 2.75) is 19.9 Å². The normalized spacial score (nSPS) is 12.1. The van der Waals surface area contributed by atoms with Crippen LogP contribution in [0.5, 0.6) is 0 Å². The van der Waals surface area contributed by atoms with E-state index < -0.39 is 17.7 Å². The summed E-state index contributed by atoms with van der Waals surface area (Å²) in [6.07, 6.45) is 1.38. The molecule has 7 nitrogen and oxygen atoms in total. The lowest BCUT2D eigenvalue weighted by Crippen LogP contribution is -2.25. The predicted molar refractivity (Wildman–Crippen MR) is 94.6 cm³/mol. The van der Waals surface area contributed by atoms with Crippen molar-refractivity contribution in [3.63, 3.8) is 0 Å². The fourth-order valence-electron chi connectivity index (χ4n) is 2.70. The number of hydrogen-bond acceptors (Lipinski definition) is 5. The van der Waals surface area contributed by atoms with Gasteiger partial charge in [-0.3, -0.25) is 9.78 Å². The summed E-state index contributed by atoms with van der Waals surface area (Å²) in [6, 6.07) is 3.18. The summed E-state index contributed by atoms with van der Waals surface area (Å²) in [5.74, 6) is -1.58. The lowest BCUT2D eigenvalue weighted by molar-refractivity contribution is -0.119. The Kier molecular flexibility index (Phi) is 5.13. The third kappa shape index (κ3) is 3.92. The van der Waals surface area contributed by atoms with E-state index in [1.807, 2.05) is 0 Å². The van der Waals surface area contributed by atoms with Gasteiger partial charge in [0.2, 0.25) is 11.7 Å². The van der Waals surface area contributed by atoms with E-state index in [-0.39, 0.29) is 39.1 Å². The van der Waals surface area contributed by atoms with Gasteiger partial charge in [-0.05, 0) is 35.9 Å². The van der Waals surface area contributed by atoms with Gasteiger partial charge in [0.15, 0.2) is 0 Å². The number of halogens is 3. The molecule has 0 aliphatic carbocycles. The summed E-state index contributed by atoms with van der Waals surface area (Å²) < 4.78 is 29.2. The Morgan fingerprint density at radius 2 is 2.00 bits per heavy atom. The molecular formula is C17H15ClF2N6O. The van der Waals surface area contributed by atoms with Crippen LogP contribution in [0.15, 0.2) is 24.4 Å². The van der Waals surface area contributed by atoms with Crippen LogP contribution in [-0.4, -0.2) is 31.1 Å². The number of tetrazole rings is 1. The number of carbonyl (C=O) groups is 1. The number of aromatic nitrogens is 5. The molecule has 0 radical (unpaired) electrons. The molecule has 1 unspecified atom stereocenters. The second kappa shape index (κ2) is 7.36. The van der Waals surface area contributed by atoms with Gasteiger partial charge in [0.1, 0.15) is 11.6 Å². The topological polar surface area (TPSA) is 85.6 Å². The van der Waals surface area contributed by atoms with Gasteiger partial charge in [-0.15, -0.1) is 10.2 Å². The molecule has 3 rings (SSSR count). The first-order chi connectivity index (χ1) is 12.8. The Balaban J connectivity index is 2.11. The molecule has 27 heavy (non-hydrogen) atoms. The lowest BCUT2D eigenvalue weighted by atomic mass is 9.99. The van der Waals surface area contributed by atoms with Crippen molar-refractivity contribution in [3.05, 3.63) is 46.7 Å². The van der Waals surface area contributed by atoms with E-state index in [9.17, 15) is 13.6 Å². The first kappa shape index (κ1) is 18.8. The van der Waals surface area contributed by atoms with Gasteiger partial charge in [-0.25, -0.2) is 8.78 Å². The number of hydrogen-bond donors (Lipinski definition) is 1. The number of pyridine rings is 1. The molecule has 0 spiro atoms. The molecule has 1 N–H and O–H groups in total. The average molecular weight is 393 g/mol. The second-order valence-electron chi connectivity index (χ2n) is 5.93. The highest BCUT2D eigenvalue weighted by Gasteiger charge is 2.21. The fraction of sp³-hybridized carbons (Fsp3) is 0.235. The van der Waals surface area contributed by atoms with Crippen LogP contribution in [0.1, 0.15) is 25.6 Å². The minimum atomic E-state index is -0.665. The Labute approximate surface area is 158 Å². The summed E-state index contributed by atoms with van der Waals surface area (Å²) >= 11 is 5.98. The van der Waals surface area contributed by atoms with E-state index in [0.717, 1.165) is 6.07 Å². The van der Waals surface area contributed by atoms with Gasteiger partial charge < -0.3 is 5.32 Å². The van der Waals surface area contributed by atoms with Gasteiger partial charge in [0, 0.05) is 23.7 Å². The maximum absolute atomic E-state index is 14.6. The van der Waals surface area contributed by atoms with Crippen LogP contribution in [0.3, 0.4) is 0 Å². The molecule has 0 aliphatic heterocycles. The Morgan fingerprint density at radius 3 is 2.59 bits per heavy atom. The molecule has 2 aromatic heterocycles. The number of benzene rings is 1. The molecule has 0 fully saturated rings. The third-order valence-corrected chi connectivity index (χ3v) is 4.02. The van der Waals surface area contributed by atoms with Gasteiger partial charge in [0.25, 0.3) is 0 Å². The van der Waals surface area contributed by atoms with E-state index >= 15 is 0 Å². The first-order valence-electron chi connectivity index (χ1n) is 7.92. The second-order valence-corrected chi connectivity index (χ2v) is 6.36. The van der Waals surface area contributed by atoms with Crippen molar-refractivity contribution in [3.8, 4) is 22.5 Å². The van der Waals surface area contributed by atoms with Crippen molar-refractivity contribution in [1.29, 1.82) is 0 Å². The summed E-state index contributed by atoms with van der Waals surface area (Å²) in [7, 11) is 1.55. The third-order valence-electron chi connectivity index (χ3n) is 3.80. The molecule has 2 heterocycles. The van der Waals surface area contributed by atoms with Gasteiger partial charge in [-0.1, -0.05) is 11.6 Å². The summed E-state index contributed by atoms with van der Waals surface area (Å²) in [5.41, 5.74) is 0.667. The quantitative estimate of drug-likeness (QED) is 0.737. The van der Waals surface area contributed by atoms with Gasteiger partial charge in [-0.2, -0.15) is 4.80 Å². The Hall–Kier alpha value is -2.94. The Morgan fingerprint density at radius 1 is 1.26 bits per heavy atom. The number of nitrogens with one attached hydrogen (secondary N) is 1. The molecule has 1 aromatic carbocycles. The summed E-state index contributed by atoms with van der Waals surface area (Å²) in [4.78, 5) is 16.4. The molecule has 0 saturated heterocycles. The van der Waals surface area contributed by atoms with Crippen molar-refractivity contribution >= 4 is 17.5 Å². The van der Waals surface area contributed by atoms with E-state index in [1.54, 1.807) is 14.0 Å². The van der Waals surface area contributed by atoms with Crippen LogP contribution in [0.4, 0.5) is 8.78 Å². The highest BCUT2D eigenvalue weighted by molar-refractivity contribution is 6.31. The summed E-state index contributed by atoms with van der Waals surface area (Å²) in [6.45, 7) is 2.94. The highest BCUT2D eigenvalue weighted by Crippen LogP contribution is 2.35. The minimum Gasteiger partial charge on any atom is -0.348 e. The van der Waals surface area contributed by atoms with Gasteiger partial charge in [0.05, 0.1) is 24.3 Å². The number of carbonyl (C=O) groups excluding carboxylic acids is 1. The fourth-order valence-corrected chi connectivity index (χ4v) is 2.91. The van der Waals surface area contributed by atoms with Crippen LogP contribution in [0.2, 0.25) is 5.02 Å².